The Morgan fingerprint density at radius 2 is 2.00 bits per heavy atom. The maximum Gasteiger partial charge on any atom is 0.244 e. The predicted octanol–water partition coefficient (Wildman–Crippen LogP) is 3.31. The lowest BCUT2D eigenvalue weighted by atomic mass is 10.0. The van der Waals surface area contributed by atoms with Gasteiger partial charge in [0, 0.05) is 30.9 Å². The molecule has 184 valence electrons. The zero-order valence-corrected chi connectivity index (χ0v) is 20.1. The molecule has 9 nitrogen and oxygen atoms in total. The Kier molecular flexibility index (Phi) is 5.77. The number of piperidine rings is 1. The summed E-state index contributed by atoms with van der Waals surface area (Å²) in [5.41, 5.74) is 4.50. The molecule has 5 heterocycles. The lowest BCUT2D eigenvalue weighted by Crippen LogP contribution is -2.53. The number of aryl methyl sites for hydroxylation is 2. The van der Waals surface area contributed by atoms with Crippen molar-refractivity contribution in [3.05, 3.63) is 36.3 Å². The standard InChI is InChI=1S/C25H30FN7O2/c1-16-27-21-4-3-17(13-22(21)32(16)12-8-26)20-7-11-33-23(20)24(34-2)29-25(30-33)28-18-5-9-31(10-6-18)19-14-35-15-19/h3-4,7,11,13,18-19H,5-6,8-10,12,14-15H2,1-2H3,(H,28,30). The summed E-state index contributed by atoms with van der Waals surface area (Å²) in [6.45, 7) is 5.58. The molecule has 2 fully saturated rings. The fourth-order valence-corrected chi connectivity index (χ4v) is 5.23. The third kappa shape index (κ3) is 4.00. The van der Waals surface area contributed by atoms with E-state index in [1.54, 1.807) is 7.11 Å². The van der Waals surface area contributed by atoms with Gasteiger partial charge < -0.3 is 19.4 Å². The molecular formula is C25H30FN7O2. The molecule has 0 amide bonds. The number of alkyl halides is 1. The topological polar surface area (TPSA) is 81.7 Å². The van der Waals surface area contributed by atoms with Crippen molar-refractivity contribution in [3.8, 4) is 17.0 Å². The SMILES string of the molecule is COc1nc(NC2CCN(C3COC3)CC2)nn2ccc(-c3ccc4nc(C)n(CCF)c4c3)c12. The van der Waals surface area contributed by atoms with E-state index in [4.69, 9.17) is 19.6 Å². The molecule has 0 spiro atoms. The van der Waals surface area contributed by atoms with E-state index in [1.807, 2.05) is 46.5 Å². The van der Waals surface area contributed by atoms with E-state index < -0.39 is 6.67 Å². The second kappa shape index (κ2) is 9.09. The second-order valence-electron chi connectivity index (χ2n) is 9.32. The van der Waals surface area contributed by atoms with Crippen LogP contribution in [0, 0.1) is 6.92 Å². The molecule has 0 bridgehead atoms. The minimum atomic E-state index is -0.433. The largest absolute Gasteiger partial charge is 0.479 e. The highest BCUT2D eigenvalue weighted by Gasteiger charge is 2.30. The van der Waals surface area contributed by atoms with Gasteiger partial charge in [0.25, 0.3) is 0 Å². The van der Waals surface area contributed by atoms with Crippen LogP contribution in [0.5, 0.6) is 5.88 Å². The lowest BCUT2D eigenvalue weighted by molar-refractivity contribution is -0.0705. The molecule has 0 aliphatic carbocycles. The van der Waals surface area contributed by atoms with E-state index in [-0.39, 0.29) is 6.54 Å². The van der Waals surface area contributed by atoms with Crippen LogP contribution < -0.4 is 10.1 Å². The van der Waals surface area contributed by atoms with Gasteiger partial charge in [-0.1, -0.05) is 6.07 Å². The maximum atomic E-state index is 13.1. The molecule has 6 rings (SSSR count). The fraction of sp³-hybridized carbons (Fsp3) is 0.480. The average Bonchev–Trinajstić information content (AvgIpc) is 3.39. The number of anilines is 1. The average molecular weight is 480 g/mol. The zero-order valence-electron chi connectivity index (χ0n) is 20.1. The molecule has 2 aliphatic heterocycles. The number of hydrogen-bond donors (Lipinski definition) is 1. The molecule has 2 aliphatic rings. The number of likely N-dealkylation sites (tertiary alicyclic amines) is 1. The number of nitrogens with one attached hydrogen (secondary N) is 1. The van der Waals surface area contributed by atoms with Gasteiger partial charge in [-0.25, -0.2) is 13.9 Å². The van der Waals surface area contributed by atoms with Crippen molar-refractivity contribution in [2.45, 2.75) is 38.4 Å². The van der Waals surface area contributed by atoms with E-state index >= 15 is 0 Å². The summed E-state index contributed by atoms with van der Waals surface area (Å²) in [5, 5.41) is 8.25. The molecule has 3 aromatic heterocycles. The van der Waals surface area contributed by atoms with Gasteiger partial charge >= 0.3 is 0 Å². The van der Waals surface area contributed by atoms with Gasteiger partial charge in [-0.15, -0.1) is 5.10 Å². The van der Waals surface area contributed by atoms with Crippen LogP contribution in [0.3, 0.4) is 0 Å². The first-order chi connectivity index (χ1) is 17.1. The molecule has 1 N–H and O–H groups in total. The number of ether oxygens (including phenoxy) is 2. The summed E-state index contributed by atoms with van der Waals surface area (Å²) in [7, 11) is 1.63. The molecule has 0 saturated carbocycles. The summed E-state index contributed by atoms with van der Waals surface area (Å²) in [6.07, 6.45) is 4.01. The Hall–Kier alpha value is -3.24. The van der Waals surface area contributed by atoms with Gasteiger partial charge in [-0.05, 0) is 43.5 Å². The van der Waals surface area contributed by atoms with Crippen LogP contribution in [-0.2, 0) is 11.3 Å². The van der Waals surface area contributed by atoms with E-state index in [0.29, 0.717) is 23.9 Å². The Morgan fingerprint density at radius 1 is 1.17 bits per heavy atom. The van der Waals surface area contributed by atoms with Crippen molar-refractivity contribution in [1.29, 1.82) is 0 Å². The minimum Gasteiger partial charge on any atom is -0.479 e. The first-order valence-electron chi connectivity index (χ1n) is 12.2. The first kappa shape index (κ1) is 22.2. The van der Waals surface area contributed by atoms with Crippen LogP contribution in [0.4, 0.5) is 10.3 Å². The highest BCUT2D eigenvalue weighted by molar-refractivity contribution is 5.89. The van der Waals surface area contributed by atoms with E-state index in [0.717, 1.165) is 72.6 Å². The van der Waals surface area contributed by atoms with Crippen molar-refractivity contribution in [2.24, 2.45) is 0 Å². The lowest BCUT2D eigenvalue weighted by Gasteiger charge is -2.41. The van der Waals surface area contributed by atoms with Gasteiger partial charge in [-0.2, -0.15) is 4.98 Å². The van der Waals surface area contributed by atoms with Crippen molar-refractivity contribution in [2.75, 3.05) is 45.4 Å². The maximum absolute atomic E-state index is 13.1. The number of hydrogen-bond acceptors (Lipinski definition) is 7. The van der Waals surface area contributed by atoms with Gasteiger partial charge in [0.1, 0.15) is 18.0 Å². The van der Waals surface area contributed by atoms with Gasteiger partial charge in [-0.3, -0.25) is 4.90 Å². The second-order valence-corrected chi connectivity index (χ2v) is 9.32. The van der Waals surface area contributed by atoms with E-state index in [9.17, 15) is 4.39 Å². The Labute approximate surface area is 202 Å². The summed E-state index contributed by atoms with van der Waals surface area (Å²) >= 11 is 0. The van der Waals surface area contributed by atoms with Crippen LogP contribution in [-0.4, -0.2) is 81.2 Å². The highest BCUT2D eigenvalue weighted by Crippen LogP contribution is 2.33. The summed E-state index contributed by atoms with van der Waals surface area (Å²) in [6, 6.07) is 8.97. The molecule has 0 atom stereocenters. The normalized spacial score (nSPS) is 17.8. The van der Waals surface area contributed by atoms with Gasteiger partial charge in [0.15, 0.2) is 0 Å². The van der Waals surface area contributed by atoms with E-state index in [1.165, 1.54) is 0 Å². The van der Waals surface area contributed by atoms with Crippen molar-refractivity contribution in [3.63, 3.8) is 0 Å². The van der Waals surface area contributed by atoms with Crippen molar-refractivity contribution < 1.29 is 13.9 Å². The zero-order chi connectivity index (χ0) is 23.9. The molecule has 0 radical (unpaired) electrons. The van der Waals surface area contributed by atoms with E-state index in [2.05, 4.69) is 15.2 Å². The number of rotatable bonds is 7. The predicted molar refractivity (Wildman–Crippen MR) is 132 cm³/mol. The van der Waals surface area contributed by atoms with Gasteiger partial charge in [0.2, 0.25) is 11.8 Å². The van der Waals surface area contributed by atoms with Gasteiger partial charge in [0.05, 0.1) is 43.9 Å². The number of methoxy groups -OCH3 is 1. The number of benzene rings is 1. The fourth-order valence-electron chi connectivity index (χ4n) is 5.23. The van der Waals surface area contributed by atoms with Crippen LogP contribution in [0.2, 0.25) is 0 Å². The minimum absolute atomic E-state index is 0.289. The number of imidazole rings is 1. The first-order valence-corrected chi connectivity index (χ1v) is 12.2. The Balaban J connectivity index is 1.28. The van der Waals surface area contributed by atoms with Crippen LogP contribution in [0.1, 0.15) is 18.7 Å². The third-order valence-electron chi connectivity index (χ3n) is 7.23. The molecule has 35 heavy (non-hydrogen) atoms. The molecule has 1 aromatic carbocycles. The summed E-state index contributed by atoms with van der Waals surface area (Å²) in [4.78, 5) is 11.8. The number of nitrogens with zero attached hydrogens (tertiary/aromatic N) is 6. The third-order valence-corrected chi connectivity index (χ3v) is 7.23. The number of aromatic nitrogens is 5. The molecule has 2 saturated heterocycles. The highest BCUT2D eigenvalue weighted by atomic mass is 19.1. The molecule has 10 heteroatoms. The van der Waals surface area contributed by atoms with Crippen molar-refractivity contribution in [1.82, 2.24) is 29.0 Å². The Morgan fingerprint density at radius 3 is 2.71 bits per heavy atom. The van der Waals surface area contributed by atoms with Crippen molar-refractivity contribution >= 4 is 22.5 Å². The number of fused-ring (bicyclic) bond motifs is 2. The Bertz CT molecular complexity index is 1360. The summed E-state index contributed by atoms with van der Waals surface area (Å²) in [5.74, 6) is 1.88. The quantitative estimate of drug-likeness (QED) is 0.436. The van der Waals surface area contributed by atoms with Crippen LogP contribution in [0.15, 0.2) is 30.5 Å². The van der Waals surface area contributed by atoms with Crippen LogP contribution >= 0.6 is 0 Å². The van der Waals surface area contributed by atoms with Crippen LogP contribution in [0.25, 0.3) is 27.7 Å². The molecule has 4 aromatic rings. The monoisotopic (exact) mass is 479 g/mol. The molecule has 0 unspecified atom stereocenters. The molecular weight excluding hydrogens is 449 g/mol. The number of halogens is 1. The smallest absolute Gasteiger partial charge is 0.244 e. The summed E-state index contributed by atoms with van der Waals surface area (Å²) < 4.78 is 27.9.